The maximum absolute atomic E-state index is 12.9. The van der Waals surface area contributed by atoms with Crippen LogP contribution < -0.4 is 20.7 Å². The highest BCUT2D eigenvalue weighted by Crippen LogP contribution is 2.18. The molecule has 0 aromatic heterocycles. The van der Waals surface area contributed by atoms with Crippen molar-refractivity contribution in [1.82, 2.24) is 10.6 Å². The maximum atomic E-state index is 12.9. The lowest BCUT2D eigenvalue weighted by Crippen LogP contribution is -2.53. The Balaban J connectivity index is 1.69. The molecule has 0 spiro atoms. The monoisotopic (exact) mass is 676 g/mol. The number of hydrogen-bond acceptors (Lipinski definition) is 12. The van der Waals surface area contributed by atoms with Crippen LogP contribution in [0.3, 0.4) is 0 Å². The van der Waals surface area contributed by atoms with Crippen LogP contribution in [0.25, 0.3) is 0 Å². The van der Waals surface area contributed by atoms with Gasteiger partial charge in [-0.25, -0.2) is 4.79 Å². The Morgan fingerprint density at radius 2 is 1.35 bits per heavy atom. The van der Waals surface area contributed by atoms with Gasteiger partial charge in [0, 0.05) is 31.4 Å². The summed E-state index contributed by atoms with van der Waals surface area (Å²) in [6, 6.07) is 9.62. The van der Waals surface area contributed by atoms with Crippen molar-refractivity contribution in [3.8, 4) is 5.75 Å². The molecule has 2 rings (SSSR count). The smallest absolute Gasteiger partial charge is 0.429 e. The lowest BCUT2D eigenvalue weighted by molar-refractivity contribution is -0.384. The summed E-state index contributed by atoms with van der Waals surface area (Å²) in [6.07, 6.45) is -0.943. The number of amides is 3. The lowest BCUT2D eigenvalue weighted by Gasteiger charge is -2.24. The molecule has 0 bridgehead atoms. The number of rotatable bonds is 22. The second kappa shape index (κ2) is 22.0. The van der Waals surface area contributed by atoms with Crippen molar-refractivity contribution in [3.63, 3.8) is 0 Å². The van der Waals surface area contributed by atoms with Crippen molar-refractivity contribution in [3.05, 3.63) is 64.2 Å². The molecule has 3 N–H and O–H groups in total. The zero-order valence-corrected chi connectivity index (χ0v) is 27.6. The number of benzene rings is 2. The molecule has 0 unspecified atom stereocenters. The first-order valence-corrected chi connectivity index (χ1v) is 15.3. The first-order valence-electron chi connectivity index (χ1n) is 15.3. The summed E-state index contributed by atoms with van der Waals surface area (Å²) in [7, 11) is 1.60. The Hall–Kier alpha value is -4.64. The molecular formula is C32H44N4O12. The van der Waals surface area contributed by atoms with Gasteiger partial charge in [-0.1, -0.05) is 26.0 Å². The van der Waals surface area contributed by atoms with Crippen LogP contribution in [-0.2, 0) is 44.7 Å². The van der Waals surface area contributed by atoms with Crippen molar-refractivity contribution in [2.75, 3.05) is 58.7 Å². The number of anilines is 1. The van der Waals surface area contributed by atoms with Gasteiger partial charge in [0.2, 0.25) is 17.7 Å². The minimum Gasteiger partial charge on any atom is -0.429 e. The Labute approximate surface area is 278 Å². The number of nitrogens with zero attached hydrogens (tertiary/aromatic N) is 1. The highest BCUT2D eigenvalue weighted by Gasteiger charge is 2.27. The molecule has 0 aliphatic carbocycles. The normalized spacial score (nSPS) is 12.1. The molecule has 3 amide bonds. The molecule has 0 saturated heterocycles. The van der Waals surface area contributed by atoms with Crippen LogP contribution in [0.15, 0.2) is 48.5 Å². The number of ether oxygens (including phenoxy) is 6. The van der Waals surface area contributed by atoms with E-state index in [1.54, 1.807) is 45.2 Å². The number of methoxy groups -OCH3 is 1. The van der Waals surface area contributed by atoms with E-state index in [0.29, 0.717) is 50.9 Å². The number of carbonyl (C=O) groups excluding carboxylic acids is 4. The summed E-state index contributed by atoms with van der Waals surface area (Å²) in [5.41, 5.74) is 0.896. The number of carbonyl (C=O) groups is 4. The Morgan fingerprint density at radius 1 is 0.771 bits per heavy atom. The zero-order chi connectivity index (χ0) is 35.3. The predicted octanol–water partition coefficient (Wildman–Crippen LogP) is 2.98. The van der Waals surface area contributed by atoms with Crippen molar-refractivity contribution >= 4 is 35.3 Å². The second-order valence-corrected chi connectivity index (χ2v) is 10.7. The molecule has 0 fully saturated rings. The second-order valence-electron chi connectivity index (χ2n) is 10.7. The summed E-state index contributed by atoms with van der Waals surface area (Å²) in [6.45, 7) is 7.67. The van der Waals surface area contributed by atoms with Gasteiger partial charge in [-0.2, -0.15) is 0 Å². The average Bonchev–Trinajstić information content (AvgIpc) is 3.05. The van der Waals surface area contributed by atoms with Crippen LogP contribution in [0.5, 0.6) is 5.75 Å². The first kappa shape index (κ1) is 39.5. The molecule has 0 radical (unpaired) electrons. The van der Waals surface area contributed by atoms with Crippen LogP contribution in [0, 0.1) is 16.0 Å². The van der Waals surface area contributed by atoms with Gasteiger partial charge >= 0.3 is 6.16 Å². The van der Waals surface area contributed by atoms with Crippen LogP contribution in [0.2, 0.25) is 0 Å². The molecule has 2 aromatic rings. The topological polar surface area (TPSA) is 203 Å². The van der Waals surface area contributed by atoms with Gasteiger partial charge in [-0.05, 0) is 42.7 Å². The summed E-state index contributed by atoms with van der Waals surface area (Å²) < 4.78 is 31.0. The van der Waals surface area contributed by atoms with Crippen LogP contribution in [0.1, 0.15) is 32.8 Å². The third-order valence-corrected chi connectivity index (χ3v) is 6.49. The quantitative estimate of drug-likeness (QED) is 0.0542. The van der Waals surface area contributed by atoms with Crippen LogP contribution >= 0.6 is 0 Å². The van der Waals surface area contributed by atoms with Crippen molar-refractivity contribution in [1.29, 1.82) is 0 Å². The maximum Gasteiger partial charge on any atom is 0.514 e. The molecule has 48 heavy (non-hydrogen) atoms. The standard InChI is InChI=1S/C32H44N4O12/c1-22(2)29(35-28(37)13-14-44-17-18-46-20-19-45-16-15-43-4)31(39)33-23(3)30(38)34-25-7-5-24(6-8-25)21-47-32(40)48-27-11-9-26(10-12-27)36(41)42/h5-12,22-23,29H,13-21H2,1-4H3,(H,33,39)(H,34,38)(H,35,37)/t23-,29-/m0/s1. The van der Waals surface area contributed by atoms with Crippen molar-refractivity contribution < 1.29 is 52.5 Å². The van der Waals surface area contributed by atoms with E-state index in [9.17, 15) is 29.3 Å². The summed E-state index contributed by atoms with van der Waals surface area (Å²) in [5.74, 6) is -1.50. The van der Waals surface area contributed by atoms with Gasteiger partial charge in [0.15, 0.2) is 0 Å². The molecule has 0 saturated carbocycles. The Morgan fingerprint density at radius 3 is 1.92 bits per heavy atom. The van der Waals surface area contributed by atoms with Crippen molar-refractivity contribution in [2.24, 2.45) is 5.92 Å². The fourth-order valence-corrected chi connectivity index (χ4v) is 3.84. The summed E-state index contributed by atoms with van der Waals surface area (Å²) in [5, 5.41) is 18.8. The highest BCUT2D eigenvalue weighted by atomic mass is 16.7. The largest absolute Gasteiger partial charge is 0.514 e. The number of nitro benzene ring substituents is 1. The van der Waals surface area contributed by atoms with Gasteiger partial charge in [-0.3, -0.25) is 24.5 Å². The molecule has 264 valence electrons. The average molecular weight is 677 g/mol. The summed E-state index contributed by atoms with van der Waals surface area (Å²) >= 11 is 0. The van der Waals surface area contributed by atoms with Gasteiger partial charge in [0.25, 0.3) is 5.69 Å². The fourth-order valence-electron chi connectivity index (χ4n) is 3.84. The molecule has 2 aromatic carbocycles. The van der Waals surface area contributed by atoms with E-state index in [0.717, 1.165) is 0 Å². The molecule has 16 nitrogen and oxygen atoms in total. The van der Waals surface area contributed by atoms with E-state index in [4.69, 9.17) is 28.4 Å². The van der Waals surface area contributed by atoms with Gasteiger partial charge in [0.05, 0.1) is 51.2 Å². The number of non-ortho nitro benzene ring substituents is 1. The van der Waals surface area contributed by atoms with E-state index < -0.39 is 35.0 Å². The van der Waals surface area contributed by atoms with Crippen LogP contribution in [-0.4, -0.2) is 94.2 Å². The lowest BCUT2D eigenvalue weighted by atomic mass is 10.0. The van der Waals surface area contributed by atoms with E-state index in [2.05, 4.69) is 16.0 Å². The van der Waals surface area contributed by atoms with E-state index in [-0.39, 0.29) is 42.9 Å². The van der Waals surface area contributed by atoms with Gasteiger partial charge in [0.1, 0.15) is 24.4 Å². The first-order chi connectivity index (χ1) is 23.0. The number of nitrogens with one attached hydrogen (secondary N) is 3. The predicted molar refractivity (Wildman–Crippen MR) is 172 cm³/mol. The molecule has 16 heteroatoms. The van der Waals surface area contributed by atoms with E-state index >= 15 is 0 Å². The van der Waals surface area contributed by atoms with Gasteiger partial charge in [-0.15, -0.1) is 0 Å². The van der Waals surface area contributed by atoms with Crippen molar-refractivity contribution in [2.45, 2.75) is 45.9 Å². The zero-order valence-electron chi connectivity index (χ0n) is 27.6. The Kier molecular flexibility index (Phi) is 18.1. The van der Waals surface area contributed by atoms with Gasteiger partial charge < -0.3 is 44.4 Å². The molecule has 0 heterocycles. The molecule has 0 aliphatic rings. The van der Waals surface area contributed by atoms with Crippen LogP contribution in [0.4, 0.5) is 16.2 Å². The third kappa shape index (κ3) is 15.8. The van der Waals surface area contributed by atoms with E-state index in [1.807, 2.05) is 0 Å². The third-order valence-electron chi connectivity index (χ3n) is 6.49. The SMILES string of the molecule is COCCOCCOCCOCCC(=O)N[C@H](C(=O)N[C@@H](C)C(=O)Nc1ccc(COC(=O)Oc2ccc([N+](=O)[O-])cc2)cc1)C(C)C. The summed E-state index contributed by atoms with van der Waals surface area (Å²) in [4.78, 5) is 60.2. The molecule has 0 aliphatic heterocycles. The minimum absolute atomic E-state index is 0.0503. The number of nitro groups is 1. The Bertz CT molecular complexity index is 1310. The fraction of sp³-hybridized carbons (Fsp3) is 0.500. The number of hydrogen-bond donors (Lipinski definition) is 3. The highest BCUT2D eigenvalue weighted by molar-refractivity contribution is 5.98. The van der Waals surface area contributed by atoms with E-state index in [1.165, 1.54) is 31.2 Å². The molecule has 2 atom stereocenters. The molecular weight excluding hydrogens is 632 g/mol. The minimum atomic E-state index is -0.993.